The summed E-state index contributed by atoms with van der Waals surface area (Å²) in [7, 11) is 0. The number of nitrogens with zero attached hydrogens (tertiary/aromatic N) is 5. The molecule has 0 aliphatic carbocycles. The molecule has 1 aliphatic rings. The standard InChI is InChI=1S/C14H20N6O2/c1-8-7-22-5-4-19(8)12(21)6-11-9(2)16-14-17-13(15)18-20(14)10(11)3/h8H,4-7H2,1-3H3,(H2,15,18)/t8-/m0/s1. The number of anilines is 1. The van der Waals surface area contributed by atoms with Gasteiger partial charge in [-0.15, -0.1) is 5.10 Å². The van der Waals surface area contributed by atoms with E-state index in [4.69, 9.17) is 10.5 Å². The van der Waals surface area contributed by atoms with Crippen molar-refractivity contribution in [1.82, 2.24) is 24.5 Å². The highest BCUT2D eigenvalue weighted by atomic mass is 16.5. The minimum absolute atomic E-state index is 0.0798. The molecule has 0 spiro atoms. The summed E-state index contributed by atoms with van der Waals surface area (Å²) < 4.78 is 6.97. The molecule has 1 fully saturated rings. The summed E-state index contributed by atoms with van der Waals surface area (Å²) in [5.74, 6) is 0.722. The number of amides is 1. The first kappa shape index (κ1) is 14.7. The maximum Gasteiger partial charge on any atom is 0.254 e. The van der Waals surface area contributed by atoms with Gasteiger partial charge in [-0.2, -0.15) is 9.50 Å². The van der Waals surface area contributed by atoms with Crippen LogP contribution in [0.25, 0.3) is 5.78 Å². The smallest absolute Gasteiger partial charge is 0.254 e. The van der Waals surface area contributed by atoms with Crippen molar-refractivity contribution in [1.29, 1.82) is 0 Å². The number of hydrogen-bond donors (Lipinski definition) is 1. The van der Waals surface area contributed by atoms with Crippen LogP contribution in [-0.4, -0.2) is 56.2 Å². The molecule has 22 heavy (non-hydrogen) atoms. The quantitative estimate of drug-likeness (QED) is 0.845. The van der Waals surface area contributed by atoms with E-state index >= 15 is 0 Å². The molecule has 1 saturated heterocycles. The highest BCUT2D eigenvalue weighted by molar-refractivity contribution is 5.79. The number of nitrogens with two attached hydrogens (primary N) is 1. The summed E-state index contributed by atoms with van der Waals surface area (Å²) in [5, 5.41) is 4.13. The van der Waals surface area contributed by atoms with Crippen LogP contribution in [0.5, 0.6) is 0 Å². The Balaban J connectivity index is 1.91. The number of aromatic nitrogens is 4. The lowest BCUT2D eigenvalue weighted by Gasteiger charge is -2.33. The molecule has 8 heteroatoms. The largest absolute Gasteiger partial charge is 0.377 e. The summed E-state index contributed by atoms with van der Waals surface area (Å²) in [5.41, 5.74) is 8.13. The Bertz CT molecular complexity index is 726. The van der Waals surface area contributed by atoms with Crippen LogP contribution in [0, 0.1) is 13.8 Å². The number of fused-ring (bicyclic) bond motifs is 1. The van der Waals surface area contributed by atoms with Crippen LogP contribution in [0.3, 0.4) is 0 Å². The minimum Gasteiger partial charge on any atom is -0.377 e. The van der Waals surface area contributed by atoms with E-state index in [0.717, 1.165) is 17.0 Å². The van der Waals surface area contributed by atoms with Crippen LogP contribution in [0.4, 0.5) is 5.95 Å². The van der Waals surface area contributed by atoms with Crippen molar-refractivity contribution < 1.29 is 9.53 Å². The van der Waals surface area contributed by atoms with Gasteiger partial charge in [0.25, 0.3) is 5.78 Å². The van der Waals surface area contributed by atoms with Gasteiger partial charge in [0, 0.05) is 23.5 Å². The van der Waals surface area contributed by atoms with Crippen molar-refractivity contribution in [2.24, 2.45) is 0 Å². The van der Waals surface area contributed by atoms with Gasteiger partial charge in [-0.1, -0.05) is 0 Å². The molecule has 0 saturated carbocycles. The van der Waals surface area contributed by atoms with Crippen molar-refractivity contribution in [3.63, 3.8) is 0 Å². The second-order valence-electron chi connectivity index (χ2n) is 5.63. The Hall–Kier alpha value is -2.22. The molecule has 118 valence electrons. The lowest BCUT2D eigenvalue weighted by Crippen LogP contribution is -2.47. The highest BCUT2D eigenvalue weighted by Gasteiger charge is 2.25. The third-order valence-electron chi connectivity index (χ3n) is 4.08. The number of rotatable bonds is 2. The molecule has 2 N–H and O–H groups in total. The predicted molar refractivity (Wildman–Crippen MR) is 80.4 cm³/mol. The number of carbonyl (C=O) groups is 1. The minimum atomic E-state index is 0.0798. The second-order valence-corrected chi connectivity index (χ2v) is 5.63. The lowest BCUT2D eigenvalue weighted by molar-refractivity contribution is -0.138. The molecule has 0 radical (unpaired) electrons. The third-order valence-corrected chi connectivity index (χ3v) is 4.08. The second kappa shape index (κ2) is 5.53. The molecule has 8 nitrogen and oxygen atoms in total. The summed E-state index contributed by atoms with van der Waals surface area (Å²) in [6.45, 7) is 7.58. The number of aryl methyl sites for hydroxylation is 2. The van der Waals surface area contributed by atoms with Gasteiger partial charge in [0.05, 0.1) is 25.7 Å². The molecule has 0 aromatic carbocycles. The number of nitrogen functional groups attached to an aromatic ring is 1. The van der Waals surface area contributed by atoms with Gasteiger partial charge >= 0.3 is 0 Å². The number of morpholine rings is 1. The molecule has 3 rings (SSSR count). The molecule has 1 amide bonds. The molecular formula is C14H20N6O2. The Kier molecular flexibility index (Phi) is 3.69. The van der Waals surface area contributed by atoms with Crippen molar-refractivity contribution in [2.45, 2.75) is 33.2 Å². The maximum absolute atomic E-state index is 12.6. The van der Waals surface area contributed by atoms with Crippen molar-refractivity contribution >= 4 is 17.6 Å². The average Bonchev–Trinajstić information content (AvgIpc) is 2.84. The van der Waals surface area contributed by atoms with Crippen molar-refractivity contribution in [3.05, 3.63) is 17.0 Å². The fraction of sp³-hybridized carbons (Fsp3) is 0.571. The van der Waals surface area contributed by atoms with Crippen molar-refractivity contribution in [3.8, 4) is 0 Å². The zero-order valence-corrected chi connectivity index (χ0v) is 13.0. The number of ether oxygens (including phenoxy) is 1. The zero-order valence-electron chi connectivity index (χ0n) is 13.0. The fourth-order valence-corrected chi connectivity index (χ4v) is 2.83. The Morgan fingerprint density at radius 3 is 2.91 bits per heavy atom. The normalized spacial score (nSPS) is 18.9. The van der Waals surface area contributed by atoms with Crippen LogP contribution < -0.4 is 5.73 Å². The van der Waals surface area contributed by atoms with E-state index in [1.807, 2.05) is 25.7 Å². The van der Waals surface area contributed by atoms with E-state index < -0.39 is 0 Å². The molecule has 3 heterocycles. The first-order valence-corrected chi connectivity index (χ1v) is 7.33. The van der Waals surface area contributed by atoms with Crippen LogP contribution in [0.1, 0.15) is 23.9 Å². The molecule has 0 unspecified atom stereocenters. The van der Waals surface area contributed by atoms with E-state index in [1.54, 1.807) is 4.52 Å². The maximum atomic E-state index is 12.6. The van der Waals surface area contributed by atoms with Gasteiger partial charge in [-0.3, -0.25) is 4.79 Å². The van der Waals surface area contributed by atoms with Gasteiger partial charge in [0.1, 0.15) is 0 Å². The van der Waals surface area contributed by atoms with Crippen LogP contribution in [0.2, 0.25) is 0 Å². The summed E-state index contributed by atoms with van der Waals surface area (Å²) in [6.07, 6.45) is 0.296. The lowest BCUT2D eigenvalue weighted by atomic mass is 10.1. The molecule has 1 atom stereocenters. The van der Waals surface area contributed by atoms with E-state index in [1.165, 1.54) is 0 Å². The topological polar surface area (TPSA) is 98.6 Å². The monoisotopic (exact) mass is 304 g/mol. The van der Waals surface area contributed by atoms with Crippen LogP contribution in [0.15, 0.2) is 0 Å². The fourth-order valence-electron chi connectivity index (χ4n) is 2.83. The van der Waals surface area contributed by atoms with E-state index in [-0.39, 0.29) is 17.9 Å². The molecular weight excluding hydrogens is 284 g/mol. The van der Waals surface area contributed by atoms with Gasteiger partial charge in [-0.25, -0.2) is 4.98 Å². The van der Waals surface area contributed by atoms with E-state index in [2.05, 4.69) is 15.1 Å². The van der Waals surface area contributed by atoms with Gasteiger partial charge in [-0.05, 0) is 20.8 Å². The summed E-state index contributed by atoms with van der Waals surface area (Å²) >= 11 is 0. The van der Waals surface area contributed by atoms with Gasteiger partial charge < -0.3 is 15.4 Å². The van der Waals surface area contributed by atoms with E-state index in [9.17, 15) is 4.79 Å². The first-order chi connectivity index (χ1) is 10.5. The SMILES string of the molecule is Cc1nc2nc(N)nn2c(C)c1CC(=O)N1CCOC[C@@H]1C. The molecule has 0 bridgehead atoms. The van der Waals surface area contributed by atoms with Crippen molar-refractivity contribution in [2.75, 3.05) is 25.5 Å². The zero-order chi connectivity index (χ0) is 15.9. The predicted octanol–water partition coefficient (Wildman–Crippen LogP) is 0.113. The van der Waals surface area contributed by atoms with Crippen LogP contribution in [-0.2, 0) is 16.0 Å². The van der Waals surface area contributed by atoms with E-state index in [0.29, 0.717) is 32.0 Å². The van der Waals surface area contributed by atoms with Gasteiger partial charge in [0.15, 0.2) is 0 Å². The summed E-state index contributed by atoms with van der Waals surface area (Å²) in [6, 6.07) is 0.0977. The Morgan fingerprint density at radius 1 is 1.41 bits per heavy atom. The number of hydrogen-bond acceptors (Lipinski definition) is 6. The molecule has 2 aromatic heterocycles. The summed E-state index contributed by atoms with van der Waals surface area (Å²) in [4.78, 5) is 22.9. The number of carbonyl (C=O) groups excluding carboxylic acids is 1. The third kappa shape index (κ3) is 2.50. The first-order valence-electron chi connectivity index (χ1n) is 7.33. The molecule has 2 aromatic rings. The molecule has 1 aliphatic heterocycles. The average molecular weight is 304 g/mol. The highest BCUT2D eigenvalue weighted by Crippen LogP contribution is 2.17. The van der Waals surface area contributed by atoms with Gasteiger partial charge in [0.2, 0.25) is 11.9 Å². The van der Waals surface area contributed by atoms with Crippen LogP contribution >= 0.6 is 0 Å². The Morgan fingerprint density at radius 2 is 2.18 bits per heavy atom. The Labute approximate surface area is 128 Å².